The van der Waals surface area contributed by atoms with Gasteiger partial charge >= 0.3 is 5.97 Å². The summed E-state index contributed by atoms with van der Waals surface area (Å²) in [5.41, 5.74) is -0.891. The highest BCUT2D eigenvalue weighted by Crippen LogP contribution is 2.68. The molecule has 2 bridgehead atoms. The molecule has 2 fully saturated rings. The van der Waals surface area contributed by atoms with E-state index in [2.05, 4.69) is 20.8 Å². The van der Waals surface area contributed by atoms with Crippen molar-refractivity contribution in [1.82, 2.24) is 0 Å². The third kappa shape index (κ3) is 2.73. The van der Waals surface area contributed by atoms with Gasteiger partial charge < -0.3 is 4.74 Å². The second kappa shape index (κ2) is 6.03. The number of non-ortho nitro benzene ring substituents is 2. The lowest BCUT2D eigenvalue weighted by molar-refractivity contribution is -0.394. The number of carbonyl (C=O) groups is 1. The highest BCUT2D eigenvalue weighted by molar-refractivity contribution is 5.91. The van der Waals surface area contributed by atoms with Crippen LogP contribution in [0.3, 0.4) is 0 Å². The van der Waals surface area contributed by atoms with Crippen LogP contribution in [0.2, 0.25) is 0 Å². The molecule has 0 aliphatic heterocycles. The van der Waals surface area contributed by atoms with Crippen LogP contribution in [0.4, 0.5) is 11.4 Å². The van der Waals surface area contributed by atoms with Gasteiger partial charge in [-0.1, -0.05) is 20.8 Å². The fourth-order valence-electron chi connectivity index (χ4n) is 4.81. The smallest absolute Gasteiger partial charge is 0.338 e. The summed E-state index contributed by atoms with van der Waals surface area (Å²) in [5, 5.41) is 21.9. The summed E-state index contributed by atoms with van der Waals surface area (Å²) in [6, 6.07) is 2.86. The SMILES string of the molecule is CC1(C)[C@H]2CC[C@]1(C)[C@H](COC(=O)c1cc([N+](=O)[O-])cc([N+](=O)[O-])c1)C2. The molecule has 140 valence electrons. The van der Waals surface area contributed by atoms with Crippen molar-refractivity contribution in [1.29, 1.82) is 0 Å². The van der Waals surface area contributed by atoms with Crippen molar-refractivity contribution in [2.75, 3.05) is 6.61 Å². The second-order valence-corrected chi connectivity index (χ2v) is 8.16. The number of benzene rings is 1. The summed E-state index contributed by atoms with van der Waals surface area (Å²) in [7, 11) is 0. The summed E-state index contributed by atoms with van der Waals surface area (Å²) in [6.07, 6.45) is 3.27. The van der Waals surface area contributed by atoms with E-state index < -0.39 is 27.2 Å². The second-order valence-electron chi connectivity index (χ2n) is 8.16. The van der Waals surface area contributed by atoms with Crippen LogP contribution in [-0.2, 0) is 4.74 Å². The number of hydrogen-bond donors (Lipinski definition) is 0. The molecule has 1 aromatic rings. The van der Waals surface area contributed by atoms with E-state index in [0.29, 0.717) is 5.92 Å². The Kier molecular flexibility index (Phi) is 4.24. The van der Waals surface area contributed by atoms with E-state index in [4.69, 9.17) is 4.74 Å². The van der Waals surface area contributed by atoms with Crippen molar-refractivity contribution >= 4 is 17.3 Å². The van der Waals surface area contributed by atoms with Gasteiger partial charge in [-0.15, -0.1) is 0 Å². The number of nitrogens with zero attached hydrogens (tertiary/aromatic N) is 2. The zero-order valence-electron chi connectivity index (χ0n) is 15.1. The largest absolute Gasteiger partial charge is 0.462 e. The van der Waals surface area contributed by atoms with Crippen LogP contribution in [0.25, 0.3) is 0 Å². The van der Waals surface area contributed by atoms with Crippen molar-refractivity contribution in [3.63, 3.8) is 0 Å². The Morgan fingerprint density at radius 3 is 2.15 bits per heavy atom. The summed E-state index contributed by atoms with van der Waals surface area (Å²) < 4.78 is 5.41. The maximum absolute atomic E-state index is 12.4. The van der Waals surface area contributed by atoms with Crippen LogP contribution in [0.1, 0.15) is 50.4 Å². The third-order valence-electron chi connectivity index (χ3n) is 6.95. The topological polar surface area (TPSA) is 113 Å². The fraction of sp³-hybridized carbons (Fsp3) is 0.611. The van der Waals surface area contributed by atoms with Gasteiger partial charge in [0.15, 0.2) is 0 Å². The van der Waals surface area contributed by atoms with Gasteiger partial charge in [-0.3, -0.25) is 20.2 Å². The molecule has 2 saturated carbocycles. The maximum Gasteiger partial charge on any atom is 0.338 e. The van der Waals surface area contributed by atoms with Gasteiger partial charge in [0, 0.05) is 12.1 Å². The molecule has 2 aliphatic rings. The Bertz CT molecular complexity index is 758. The summed E-state index contributed by atoms with van der Waals surface area (Å²) >= 11 is 0. The van der Waals surface area contributed by atoms with Gasteiger partial charge in [-0.05, 0) is 41.9 Å². The predicted molar refractivity (Wildman–Crippen MR) is 92.8 cm³/mol. The third-order valence-corrected chi connectivity index (χ3v) is 6.95. The number of rotatable bonds is 5. The molecule has 0 amide bonds. The molecule has 8 heteroatoms. The normalized spacial score (nSPS) is 28.7. The van der Waals surface area contributed by atoms with Crippen molar-refractivity contribution in [3.05, 3.63) is 44.0 Å². The molecule has 0 saturated heterocycles. The summed E-state index contributed by atoms with van der Waals surface area (Å²) in [4.78, 5) is 32.7. The number of carbonyl (C=O) groups excluding carboxylic acids is 1. The minimum absolute atomic E-state index is 0.0899. The first-order valence-electron chi connectivity index (χ1n) is 8.67. The van der Waals surface area contributed by atoms with Gasteiger partial charge in [0.2, 0.25) is 0 Å². The minimum Gasteiger partial charge on any atom is -0.462 e. The fourth-order valence-corrected chi connectivity index (χ4v) is 4.81. The van der Waals surface area contributed by atoms with Gasteiger partial charge in [-0.25, -0.2) is 4.79 Å². The van der Waals surface area contributed by atoms with E-state index in [1.54, 1.807) is 0 Å². The van der Waals surface area contributed by atoms with E-state index in [1.807, 2.05) is 0 Å². The van der Waals surface area contributed by atoms with Crippen molar-refractivity contribution in [2.24, 2.45) is 22.7 Å². The monoisotopic (exact) mass is 362 g/mol. The maximum atomic E-state index is 12.4. The standard InChI is InChI=1S/C18H22N2O6/c1-17(2)12-4-5-18(17,3)13(8-12)10-26-16(21)11-6-14(19(22)23)9-15(7-11)20(24)25/h6-7,9,12-13H,4-5,8,10H2,1-3H3/t12-,13-,18+/m0/s1. The average Bonchev–Trinajstić information content (AvgIpc) is 2.92. The van der Waals surface area contributed by atoms with Crippen LogP contribution in [0.5, 0.6) is 0 Å². The molecule has 0 unspecified atom stereocenters. The molecule has 3 rings (SSSR count). The molecule has 0 spiro atoms. The predicted octanol–water partition coefficient (Wildman–Crippen LogP) is 4.12. The molecule has 0 radical (unpaired) electrons. The van der Waals surface area contributed by atoms with Crippen LogP contribution in [0.15, 0.2) is 18.2 Å². The average molecular weight is 362 g/mol. The molecule has 26 heavy (non-hydrogen) atoms. The van der Waals surface area contributed by atoms with E-state index in [-0.39, 0.29) is 28.9 Å². The summed E-state index contributed by atoms with van der Waals surface area (Å²) in [5.74, 6) is 0.0740. The highest BCUT2D eigenvalue weighted by Gasteiger charge is 2.61. The lowest BCUT2D eigenvalue weighted by atomic mass is 9.67. The number of ether oxygens (including phenoxy) is 1. The molecule has 2 aliphatic carbocycles. The summed E-state index contributed by atoms with van der Waals surface area (Å²) in [6.45, 7) is 6.98. The zero-order valence-corrected chi connectivity index (χ0v) is 15.1. The number of nitro benzene ring substituents is 2. The Hall–Kier alpha value is -2.51. The number of fused-ring (bicyclic) bond motifs is 2. The Morgan fingerprint density at radius 2 is 1.73 bits per heavy atom. The van der Waals surface area contributed by atoms with Crippen molar-refractivity contribution < 1.29 is 19.4 Å². The lowest BCUT2D eigenvalue weighted by Gasteiger charge is -2.39. The van der Waals surface area contributed by atoms with Gasteiger partial charge in [0.05, 0.1) is 28.1 Å². The van der Waals surface area contributed by atoms with E-state index in [0.717, 1.165) is 31.0 Å². The molecule has 0 aromatic heterocycles. The van der Waals surface area contributed by atoms with Gasteiger partial charge in [-0.2, -0.15) is 0 Å². The number of esters is 1. The van der Waals surface area contributed by atoms with Crippen LogP contribution in [-0.4, -0.2) is 22.4 Å². The Balaban J connectivity index is 1.75. The zero-order chi connectivity index (χ0) is 19.3. The first kappa shape index (κ1) is 18.3. The molecule has 3 atom stereocenters. The van der Waals surface area contributed by atoms with E-state index >= 15 is 0 Å². The Labute approximate surface area is 150 Å². The minimum atomic E-state index is -0.763. The van der Waals surface area contributed by atoms with Gasteiger partial charge in [0.1, 0.15) is 0 Å². The molecular weight excluding hydrogens is 340 g/mol. The molecule has 0 N–H and O–H groups in total. The number of hydrogen-bond acceptors (Lipinski definition) is 6. The van der Waals surface area contributed by atoms with E-state index in [1.165, 1.54) is 6.42 Å². The van der Waals surface area contributed by atoms with Crippen molar-refractivity contribution in [3.8, 4) is 0 Å². The van der Waals surface area contributed by atoms with E-state index in [9.17, 15) is 25.0 Å². The first-order chi connectivity index (χ1) is 12.1. The van der Waals surface area contributed by atoms with Crippen LogP contribution >= 0.6 is 0 Å². The number of nitro groups is 2. The van der Waals surface area contributed by atoms with Gasteiger partial charge in [0.25, 0.3) is 11.4 Å². The highest BCUT2D eigenvalue weighted by atomic mass is 16.6. The Morgan fingerprint density at radius 1 is 1.15 bits per heavy atom. The molecule has 0 heterocycles. The van der Waals surface area contributed by atoms with Crippen LogP contribution < -0.4 is 0 Å². The lowest BCUT2D eigenvalue weighted by Crippen LogP contribution is -2.34. The first-order valence-corrected chi connectivity index (χ1v) is 8.67. The van der Waals surface area contributed by atoms with Crippen LogP contribution in [0, 0.1) is 42.9 Å². The molecular formula is C18H22N2O6. The molecule has 1 aromatic carbocycles. The van der Waals surface area contributed by atoms with Crippen molar-refractivity contribution in [2.45, 2.75) is 40.0 Å². The molecule has 8 nitrogen and oxygen atoms in total. The quantitative estimate of drug-likeness (QED) is 0.442.